The predicted molar refractivity (Wildman–Crippen MR) is 117 cm³/mol. The van der Waals surface area contributed by atoms with Gasteiger partial charge >= 0.3 is 0 Å². The first-order chi connectivity index (χ1) is 13.5. The van der Waals surface area contributed by atoms with Gasteiger partial charge in [-0.05, 0) is 29.8 Å². The Morgan fingerprint density at radius 2 is 1.89 bits per heavy atom. The molecule has 5 heteroatoms. The second-order valence-corrected chi connectivity index (χ2v) is 8.38. The lowest BCUT2D eigenvalue weighted by Crippen LogP contribution is -2.22. The van der Waals surface area contributed by atoms with Crippen LogP contribution in [-0.4, -0.2) is 21.2 Å². The summed E-state index contributed by atoms with van der Waals surface area (Å²) >= 11 is 1.71. The van der Waals surface area contributed by atoms with Gasteiger partial charge in [0.2, 0.25) is 5.91 Å². The summed E-state index contributed by atoms with van der Waals surface area (Å²) in [7, 11) is 0. The molecule has 3 rings (SSSR count). The third-order valence-electron chi connectivity index (χ3n) is 4.50. The van der Waals surface area contributed by atoms with Crippen LogP contribution in [0.15, 0.2) is 71.9 Å². The molecule has 0 bridgehead atoms. The minimum Gasteiger partial charge on any atom is -0.330 e. The van der Waals surface area contributed by atoms with Gasteiger partial charge in [0.05, 0.1) is 0 Å². The van der Waals surface area contributed by atoms with E-state index in [-0.39, 0.29) is 11.8 Å². The van der Waals surface area contributed by atoms with Crippen LogP contribution in [0.1, 0.15) is 38.1 Å². The Balaban J connectivity index is 1.59. The van der Waals surface area contributed by atoms with Gasteiger partial charge in [0.25, 0.3) is 0 Å². The SMILES string of the molecule is CC(CSc1ccccc1)C(=O)Nc1cccc(Cn2ccnc2C(C)C)c1. The summed E-state index contributed by atoms with van der Waals surface area (Å²) in [5.74, 6) is 2.17. The number of aromatic nitrogens is 2. The van der Waals surface area contributed by atoms with E-state index in [1.807, 2.05) is 55.7 Å². The predicted octanol–water partition coefficient (Wildman–Crippen LogP) is 5.42. The smallest absolute Gasteiger partial charge is 0.228 e. The van der Waals surface area contributed by atoms with Gasteiger partial charge in [-0.15, -0.1) is 11.8 Å². The zero-order valence-corrected chi connectivity index (χ0v) is 17.4. The van der Waals surface area contributed by atoms with E-state index in [0.717, 1.165) is 29.4 Å². The Morgan fingerprint density at radius 3 is 2.64 bits per heavy atom. The molecular weight excluding hydrogens is 366 g/mol. The first-order valence-electron chi connectivity index (χ1n) is 9.61. The zero-order chi connectivity index (χ0) is 19.9. The van der Waals surface area contributed by atoms with Crippen LogP contribution in [0.3, 0.4) is 0 Å². The summed E-state index contributed by atoms with van der Waals surface area (Å²) in [4.78, 5) is 18.2. The van der Waals surface area contributed by atoms with Gasteiger partial charge < -0.3 is 9.88 Å². The molecule has 0 fully saturated rings. The fourth-order valence-electron chi connectivity index (χ4n) is 2.98. The van der Waals surface area contributed by atoms with E-state index >= 15 is 0 Å². The summed E-state index contributed by atoms with van der Waals surface area (Å²) < 4.78 is 2.16. The van der Waals surface area contributed by atoms with Crippen LogP contribution in [0, 0.1) is 5.92 Å². The molecule has 0 spiro atoms. The maximum Gasteiger partial charge on any atom is 0.228 e. The lowest BCUT2D eigenvalue weighted by Gasteiger charge is -2.14. The lowest BCUT2D eigenvalue weighted by atomic mass is 10.1. The molecule has 0 aliphatic rings. The number of anilines is 1. The summed E-state index contributed by atoms with van der Waals surface area (Å²) in [5.41, 5.74) is 1.98. The lowest BCUT2D eigenvalue weighted by molar-refractivity contribution is -0.118. The molecule has 1 N–H and O–H groups in total. The van der Waals surface area contributed by atoms with Crippen LogP contribution in [0.5, 0.6) is 0 Å². The van der Waals surface area contributed by atoms with Crippen LogP contribution >= 0.6 is 11.8 Å². The number of amides is 1. The number of carbonyl (C=O) groups excluding carboxylic acids is 1. The maximum absolute atomic E-state index is 12.6. The molecule has 0 aliphatic heterocycles. The monoisotopic (exact) mass is 393 g/mol. The molecule has 1 amide bonds. The molecule has 1 heterocycles. The molecule has 1 unspecified atom stereocenters. The Morgan fingerprint density at radius 1 is 1.11 bits per heavy atom. The fourth-order valence-corrected chi connectivity index (χ4v) is 3.92. The minimum atomic E-state index is -0.0740. The Kier molecular flexibility index (Phi) is 6.93. The summed E-state index contributed by atoms with van der Waals surface area (Å²) in [6.45, 7) is 7.00. The van der Waals surface area contributed by atoms with Gasteiger partial charge in [0.1, 0.15) is 5.82 Å². The number of rotatable bonds is 8. The molecular formula is C23H27N3OS. The third-order valence-corrected chi connectivity index (χ3v) is 5.77. The fraction of sp³-hybridized carbons (Fsp3) is 0.304. The second-order valence-electron chi connectivity index (χ2n) is 7.28. The van der Waals surface area contributed by atoms with Crippen molar-refractivity contribution < 1.29 is 4.79 Å². The number of benzene rings is 2. The van der Waals surface area contributed by atoms with Crippen molar-refractivity contribution in [3.63, 3.8) is 0 Å². The highest BCUT2D eigenvalue weighted by Crippen LogP contribution is 2.21. The molecule has 1 atom stereocenters. The normalized spacial score (nSPS) is 12.1. The number of hydrogen-bond donors (Lipinski definition) is 1. The molecule has 2 aromatic carbocycles. The van der Waals surface area contributed by atoms with E-state index in [1.54, 1.807) is 11.8 Å². The van der Waals surface area contributed by atoms with Crippen LogP contribution in [-0.2, 0) is 11.3 Å². The molecule has 0 radical (unpaired) electrons. The molecule has 146 valence electrons. The van der Waals surface area contributed by atoms with Crippen molar-refractivity contribution in [1.82, 2.24) is 9.55 Å². The summed E-state index contributed by atoms with van der Waals surface area (Å²) in [5, 5.41) is 3.06. The molecule has 28 heavy (non-hydrogen) atoms. The molecule has 0 aliphatic carbocycles. The Hall–Kier alpha value is -2.53. The average molecular weight is 394 g/mol. The van der Waals surface area contributed by atoms with Crippen LogP contribution in [0.2, 0.25) is 0 Å². The quantitative estimate of drug-likeness (QED) is 0.520. The van der Waals surface area contributed by atoms with E-state index in [2.05, 4.69) is 46.9 Å². The van der Waals surface area contributed by atoms with E-state index in [4.69, 9.17) is 0 Å². The van der Waals surface area contributed by atoms with Crippen LogP contribution in [0.4, 0.5) is 5.69 Å². The number of nitrogens with one attached hydrogen (secondary N) is 1. The number of imidazole rings is 1. The summed E-state index contributed by atoms with van der Waals surface area (Å²) in [6.07, 6.45) is 3.84. The molecule has 4 nitrogen and oxygen atoms in total. The number of hydrogen-bond acceptors (Lipinski definition) is 3. The van der Waals surface area contributed by atoms with Crippen LogP contribution in [0.25, 0.3) is 0 Å². The first-order valence-corrected chi connectivity index (χ1v) is 10.6. The number of carbonyl (C=O) groups is 1. The second kappa shape index (κ2) is 9.60. The number of thioether (sulfide) groups is 1. The Labute approximate surface area is 171 Å². The van der Waals surface area contributed by atoms with Gasteiger partial charge in [-0.2, -0.15) is 0 Å². The van der Waals surface area contributed by atoms with E-state index < -0.39 is 0 Å². The van der Waals surface area contributed by atoms with Crippen molar-refractivity contribution in [2.45, 2.75) is 38.1 Å². The van der Waals surface area contributed by atoms with E-state index in [1.165, 1.54) is 4.90 Å². The zero-order valence-electron chi connectivity index (χ0n) is 16.6. The van der Waals surface area contributed by atoms with E-state index in [9.17, 15) is 4.79 Å². The van der Waals surface area contributed by atoms with Gasteiger partial charge in [-0.3, -0.25) is 4.79 Å². The van der Waals surface area contributed by atoms with Crippen molar-refractivity contribution in [1.29, 1.82) is 0 Å². The molecule has 0 saturated carbocycles. The van der Waals surface area contributed by atoms with Crippen molar-refractivity contribution >= 4 is 23.4 Å². The van der Waals surface area contributed by atoms with Crippen molar-refractivity contribution in [3.8, 4) is 0 Å². The standard InChI is InChI=1S/C23H27N3OS/c1-17(2)22-24-12-13-26(22)15-19-8-7-9-20(14-19)25-23(27)18(3)16-28-21-10-5-4-6-11-21/h4-14,17-18H,15-16H2,1-3H3,(H,25,27). The first kappa shape index (κ1) is 20.2. The summed E-state index contributed by atoms with van der Waals surface area (Å²) in [6, 6.07) is 18.2. The highest BCUT2D eigenvalue weighted by Gasteiger charge is 2.14. The molecule has 3 aromatic rings. The molecule has 1 aromatic heterocycles. The van der Waals surface area contributed by atoms with Gasteiger partial charge in [0, 0.05) is 47.1 Å². The van der Waals surface area contributed by atoms with Gasteiger partial charge in [-0.25, -0.2) is 4.98 Å². The topological polar surface area (TPSA) is 46.9 Å². The van der Waals surface area contributed by atoms with Crippen LogP contribution < -0.4 is 5.32 Å². The van der Waals surface area contributed by atoms with Crippen molar-refractivity contribution in [2.75, 3.05) is 11.1 Å². The van der Waals surface area contributed by atoms with Crippen molar-refractivity contribution in [2.24, 2.45) is 5.92 Å². The van der Waals surface area contributed by atoms with E-state index in [0.29, 0.717) is 5.92 Å². The average Bonchev–Trinajstić information content (AvgIpc) is 3.15. The maximum atomic E-state index is 12.6. The molecule has 0 saturated heterocycles. The van der Waals surface area contributed by atoms with Gasteiger partial charge in [0.15, 0.2) is 0 Å². The minimum absolute atomic E-state index is 0.0473. The largest absolute Gasteiger partial charge is 0.330 e. The van der Waals surface area contributed by atoms with Crippen molar-refractivity contribution in [3.05, 3.63) is 78.4 Å². The van der Waals surface area contributed by atoms with Gasteiger partial charge in [-0.1, -0.05) is 51.1 Å². The number of nitrogens with zero attached hydrogens (tertiary/aromatic N) is 2. The highest BCUT2D eigenvalue weighted by molar-refractivity contribution is 7.99. The Bertz CT molecular complexity index is 905. The highest BCUT2D eigenvalue weighted by atomic mass is 32.2. The third kappa shape index (κ3) is 5.49.